The van der Waals surface area contributed by atoms with Gasteiger partial charge in [-0.1, -0.05) is 49.3 Å². The Bertz CT molecular complexity index is 1360. The Labute approximate surface area is 232 Å². The lowest BCUT2D eigenvalue weighted by atomic mass is 9.74. The van der Waals surface area contributed by atoms with Crippen molar-refractivity contribution in [3.8, 4) is 5.69 Å². The Hall–Kier alpha value is -4.03. The summed E-state index contributed by atoms with van der Waals surface area (Å²) in [5.74, 6) is -2.13. The summed E-state index contributed by atoms with van der Waals surface area (Å²) in [5.41, 5.74) is 1.23. The maximum Gasteiger partial charge on any atom is 0.475 e. The van der Waals surface area contributed by atoms with Crippen LogP contribution in [0.5, 0.6) is 0 Å². The quantitative estimate of drug-likeness (QED) is 0.271. The fourth-order valence-corrected chi connectivity index (χ4v) is 4.64. The maximum atomic E-state index is 13.5. The van der Waals surface area contributed by atoms with Crippen LogP contribution < -0.4 is 10.6 Å². The van der Waals surface area contributed by atoms with Gasteiger partial charge in [0.1, 0.15) is 11.5 Å². The lowest BCUT2D eigenvalue weighted by Crippen LogP contribution is -2.56. The Balaban J connectivity index is 1.48. The number of carbonyl (C=O) groups is 2. The molecule has 1 aliphatic heterocycles. The number of halogens is 1. The van der Waals surface area contributed by atoms with Gasteiger partial charge in [-0.05, 0) is 55.2 Å². The third kappa shape index (κ3) is 6.94. The molecule has 0 radical (unpaired) electrons. The first-order chi connectivity index (χ1) is 19.1. The van der Waals surface area contributed by atoms with Crippen molar-refractivity contribution in [3.05, 3.63) is 83.4 Å². The minimum absolute atomic E-state index is 0.00828. The number of nitrogens with one attached hydrogen (secondary N) is 2. The van der Waals surface area contributed by atoms with Crippen LogP contribution in [0.2, 0.25) is 0 Å². The molecule has 0 fully saturated rings. The molecule has 0 saturated heterocycles. The molecule has 2 heterocycles. The van der Waals surface area contributed by atoms with Crippen LogP contribution in [0.15, 0.2) is 65.8 Å². The number of hydrogen-bond donors (Lipinski definition) is 4. The van der Waals surface area contributed by atoms with E-state index in [0.29, 0.717) is 23.5 Å². The minimum Gasteiger partial charge on any atom is -0.426 e. The van der Waals surface area contributed by atoms with E-state index in [1.807, 2.05) is 44.2 Å². The topological polar surface area (TPSA) is 138 Å². The zero-order chi connectivity index (χ0) is 28.9. The molecule has 3 aromatic rings. The van der Waals surface area contributed by atoms with Gasteiger partial charge in [-0.2, -0.15) is 5.10 Å². The van der Waals surface area contributed by atoms with Crippen LogP contribution in [0.4, 0.5) is 4.39 Å². The van der Waals surface area contributed by atoms with Gasteiger partial charge in [0.05, 0.1) is 29.6 Å². The fourth-order valence-electron chi connectivity index (χ4n) is 4.64. The number of rotatable bonds is 11. The number of carbonyl (C=O) groups excluding carboxylic acids is 2. The van der Waals surface area contributed by atoms with Crippen molar-refractivity contribution in [2.45, 2.75) is 51.6 Å². The van der Waals surface area contributed by atoms with E-state index in [1.165, 1.54) is 28.9 Å². The first kappa shape index (κ1) is 29.0. The molecule has 2 atom stereocenters. The highest BCUT2D eigenvalue weighted by Gasteiger charge is 2.48. The van der Waals surface area contributed by atoms with E-state index in [2.05, 4.69) is 20.9 Å². The molecule has 40 heavy (non-hydrogen) atoms. The molecule has 4 N–H and O–H groups in total. The molecule has 0 aliphatic carbocycles. The van der Waals surface area contributed by atoms with Gasteiger partial charge in [0.25, 0.3) is 11.8 Å². The zero-order valence-corrected chi connectivity index (χ0v) is 22.7. The largest absolute Gasteiger partial charge is 0.475 e. The van der Waals surface area contributed by atoms with Gasteiger partial charge in [0.2, 0.25) is 5.60 Å². The van der Waals surface area contributed by atoms with Gasteiger partial charge in [0.15, 0.2) is 0 Å². The smallest absolute Gasteiger partial charge is 0.426 e. The van der Waals surface area contributed by atoms with Crippen LogP contribution in [0, 0.1) is 18.7 Å². The predicted octanol–water partition coefficient (Wildman–Crippen LogP) is 2.35. The van der Waals surface area contributed by atoms with Crippen molar-refractivity contribution in [2.24, 2.45) is 11.1 Å². The summed E-state index contributed by atoms with van der Waals surface area (Å²) in [7, 11) is -1.74. The number of nitrogens with zero attached hydrogens (tertiary/aromatic N) is 3. The van der Waals surface area contributed by atoms with Crippen molar-refractivity contribution in [1.82, 2.24) is 20.4 Å². The Morgan fingerprint density at radius 3 is 2.50 bits per heavy atom. The molecular weight excluding hydrogens is 516 g/mol. The molecule has 0 spiro atoms. The summed E-state index contributed by atoms with van der Waals surface area (Å²) in [4.78, 5) is 32.4. The Morgan fingerprint density at radius 1 is 1.15 bits per heavy atom. The normalized spacial score (nSPS) is 17.2. The maximum absolute atomic E-state index is 13.5. The monoisotopic (exact) mass is 549 g/mol. The number of oxime groups is 1. The first-order valence-corrected chi connectivity index (χ1v) is 13.1. The molecule has 4 rings (SSSR count). The fraction of sp³-hybridized carbons (Fsp3) is 0.357. The van der Waals surface area contributed by atoms with Crippen LogP contribution in [0.25, 0.3) is 5.69 Å². The number of aromatic nitrogens is 2. The molecule has 2 aromatic carbocycles. The van der Waals surface area contributed by atoms with E-state index in [-0.39, 0.29) is 31.0 Å². The van der Waals surface area contributed by atoms with Crippen LogP contribution in [0.3, 0.4) is 0 Å². The lowest BCUT2D eigenvalue weighted by molar-refractivity contribution is -0.144. The summed E-state index contributed by atoms with van der Waals surface area (Å²) in [6.07, 6.45) is 0.628. The molecule has 0 saturated carbocycles. The SMILES string of the molecule is Cc1cc(C(=O)NCC2=NOC(Cc3ccccc3)(C(=O)N[C@@H](CC(C)C)B(O)O)C2)n(-c2ccc(F)cc2)n1. The first-order valence-electron chi connectivity index (χ1n) is 13.1. The molecule has 2 amide bonds. The number of benzene rings is 2. The molecule has 210 valence electrons. The van der Waals surface area contributed by atoms with Crippen LogP contribution in [0.1, 0.15) is 48.4 Å². The summed E-state index contributed by atoms with van der Waals surface area (Å²) >= 11 is 0. The van der Waals surface area contributed by atoms with E-state index in [1.54, 1.807) is 13.0 Å². The minimum atomic E-state index is -1.74. The lowest BCUT2D eigenvalue weighted by Gasteiger charge is -2.29. The summed E-state index contributed by atoms with van der Waals surface area (Å²) in [5, 5.41) is 33.7. The second kappa shape index (κ2) is 12.4. The van der Waals surface area contributed by atoms with Crippen molar-refractivity contribution >= 4 is 24.6 Å². The summed E-state index contributed by atoms with van der Waals surface area (Å²) in [6, 6.07) is 16.5. The van der Waals surface area contributed by atoms with E-state index < -0.39 is 36.3 Å². The summed E-state index contributed by atoms with van der Waals surface area (Å²) < 4.78 is 14.8. The van der Waals surface area contributed by atoms with Crippen molar-refractivity contribution in [2.75, 3.05) is 6.54 Å². The van der Waals surface area contributed by atoms with Gasteiger partial charge < -0.3 is 25.5 Å². The molecular formula is C28H33BFN5O5. The van der Waals surface area contributed by atoms with E-state index in [9.17, 15) is 24.0 Å². The van der Waals surface area contributed by atoms with Crippen molar-refractivity contribution in [3.63, 3.8) is 0 Å². The molecule has 0 bridgehead atoms. The highest BCUT2D eigenvalue weighted by atomic mass is 19.1. The third-order valence-corrected chi connectivity index (χ3v) is 6.58. The van der Waals surface area contributed by atoms with E-state index in [4.69, 9.17) is 4.84 Å². The molecule has 1 unspecified atom stereocenters. The second-order valence-electron chi connectivity index (χ2n) is 10.4. The summed E-state index contributed by atoms with van der Waals surface area (Å²) in [6.45, 7) is 5.59. The van der Waals surface area contributed by atoms with Crippen molar-refractivity contribution < 1.29 is 28.9 Å². The molecule has 10 nitrogen and oxygen atoms in total. The Morgan fingerprint density at radius 2 is 1.85 bits per heavy atom. The van der Waals surface area contributed by atoms with Gasteiger partial charge in [-0.3, -0.25) is 9.59 Å². The standard InChI is InChI=1S/C28H33BFN5O5/c1-18(2)13-25(29(38)39)32-27(37)28(15-20-7-5-4-6-8-20)16-22(34-40-28)17-31-26(36)24-14-19(3)33-35(24)23-11-9-21(30)10-12-23/h4-12,14,18,25,38-39H,13,15-17H2,1-3H3,(H,31,36)(H,32,37)/t25-,28?/m0/s1. The number of amides is 2. The zero-order valence-electron chi connectivity index (χ0n) is 22.7. The molecule has 12 heteroatoms. The second-order valence-corrected chi connectivity index (χ2v) is 10.4. The average Bonchev–Trinajstić information content (AvgIpc) is 3.52. The van der Waals surface area contributed by atoms with Crippen LogP contribution >= 0.6 is 0 Å². The highest BCUT2D eigenvalue weighted by Crippen LogP contribution is 2.29. The molecule has 1 aliphatic rings. The van der Waals surface area contributed by atoms with Gasteiger partial charge in [-0.25, -0.2) is 9.07 Å². The van der Waals surface area contributed by atoms with E-state index >= 15 is 0 Å². The third-order valence-electron chi connectivity index (χ3n) is 6.58. The molecule has 1 aromatic heterocycles. The highest BCUT2D eigenvalue weighted by molar-refractivity contribution is 6.43. The number of aryl methyl sites for hydroxylation is 1. The van der Waals surface area contributed by atoms with Gasteiger partial charge in [0, 0.05) is 12.8 Å². The average molecular weight is 549 g/mol. The van der Waals surface area contributed by atoms with Gasteiger partial charge >= 0.3 is 7.12 Å². The van der Waals surface area contributed by atoms with E-state index in [0.717, 1.165) is 5.56 Å². The van der Waals surface area contributed by atoms with Crippen LogP contribution in [-0.4, -0.2) is 62.6 Å². The Kier molecular flexibility index (Phi) is 9.01. The van der Waals surface area contributed by atoms with Crippen molar-refractivity contribution in [1.29, 1.82) is 0 Å². The van der Waals surface area contributed by atoms with Crippen LogP contribution in [-0.2, 0) is 16.1 Å². The number of hydrogen-bond acceptors (Lipinski definition) is 7. The predicted molar refractivity (Wildman–Crippen MR) is 148 cm³/mol. The van der Waals surface area contributed by atoms with Gasteiger partial charge in [-0.15, -0.1) is 0 Å².